The molecule has 5 aliphatic heterocycles. The number of aliphatic hydroxyl groups excluding tert-OH is 5. The number of aromatic nitrogens is 2. The van der Waals surface area contributed by atoms with Crippen LogP contribution < -0.4 is 10.1 Å². The number of aliphatic imine (C=N–C) groups is 1. The zero-order chi connectivity index (χ0) is 49.8. The SMILES string of the molecule is Cc1cc(O)c2c(c1)C(=O)c1c(c3cc4c(nccc14)NCC(O)C14CCCC1c1cc(C5([C+]6C=N[CH+][N-]6)CCCCC5)[nH]c1C1=CC5(O3)OC3(C1=C4CC1(CCC4(CCCC4)C1)C3O)C(O)C(O)C5O)C2=O. The van der Waals surface area contributed by atoms with Gasteiger partial charge in [-0.05, 0) is 141 Å². The molecule has 15 heteroatoms. The van der Waals surface area contributed by atoms with Crippen LogP contribution in [0.3, 0.4) is 0 Å². The lowest BCUT2D eigenvalue weighted by Gasteiger charge is -2.64. The Morgan fingerprint density at radius 1 is 0.863 bits per heavy atom. The molecule has 16 rings (SSSR count). The highest BCUT2D eigenvalue weighted by atomic mass is 16.7. The van der Waals surface area contributed by atoms with Crippen molar-refractivity contribution in [3.8, 4) is 11.5 Å². The van der Waals surface area contributed by atoms with E-state index in [2.05, 4.69) is 21.4 Å². The number of hydrogen-bond donors (Lipinski definition) is 8. The van der Waals surface area contributed by atoms with E-state index < -0.39 is 69.7 Å². The summed E-state index contributed by atoms with van der Waals surface area (Å²) in [5.41, 5.74) is -0.0142. The molecule has 8 bridgehead atoms. The fraction of sp³-hybridized carbons (Fsp3) is 0.517. The average molecular weight is 987 g/mol. The van der Waals surface area contributed by atoms with E-state index in [1.807, 2.05) is 6.21 Å². The van der Waals surface area contributed by atoms with Crippen LogP contribution in [0.4, 0.5) is 5.82 Å². The van der Waals surface area contributed by atoms with Crippen LogP contribution in [0.2, 0.25) is 0 Å². The first-order valence-electron chi connectivity index (χ1n) is 26.8. The Labute approximate surface area is 422 Å². The molecule has 376 valence electrons. The minimum absolute atomic E-state index is 0.00925. The highest BCUT2D eigenvalue weighted by Gasteiger charge is 2.76. The molecule has 0 radical (unpaired) electrons. The fourth-order valence-corrected chi connectivity index (χ4v) is 17.6. The number of ether oxygens (including phenoxy) is 2. The topological polar surface area (TPSA) is 241 Å². The van der Waals surface area contributed by atoms with E-state index in [0.717, 1.165) is 99.9 Å². The van der Waals surface area contributed by atoms with Crippen LogP contribution >= 0.6 is 0 Å². The number of rotatable bonds is 2. The highest BCUT2D eigenvalue weighted by molar-refractivity contribution is 6.34. The van der Waals surface area contributed by atoms with E-state index in [-0.39, 0.29) is 51.6 Å². The van der Waals surface area contributed by atoms with E-state index in [4.69, 9.17) is 19.8 Å². The first-order chi connectivity index (χ1) is 35.2. The van der Waals surface area contributed by atoms with Crippen molar-refractivity contribution >= 4 is 39.9 Å². The maximum Gasteiger partial charge on any atom is 0.302 e. The number of phenols is 1. The number of ketones is 2. The second kappa shape index (κ2) is 14.9. The summed E-state index contributed by atoms with van der Waals surface area (Å²) in [4.78, 5) is 43.6. The second-order valence-corrected chi connectivity index (χ2v) is 24.0. The van der Waals surface area contributed by atoms with Crippen molar-refractivity contribution in [2.45, 2.75) is 163 Å². The number of fused-ring (bicyclic) bond motifs is 7. The molecule has 2 aromatic heterocycles. The number of aryl methyl sites for hydroxylation is 1. The predicted molar refractivity (Wildman–Crippen MR) is 268 cm³/mol. The van der Waals surface area contributed by atoms with Crippen molar-refractivity contribution in [1.82, 2.24) is 9.97 Å². The van der Waals surface area contributed by atoms with E-state index >= 15 is 9.59 Å². The minimum atomic E-state index is -2.44. The number of nitrogens with one attached hydrogen (secondary N) is 2. The number of pyridine rings is 1. The number of aromatic hydroxyl groups is 1. The predicted octanol–water partition coefficient (Wildman–Crippen LogP) is 7.53. The molecule has 4 aromatic rings. The molecule has 4 saturated carbocycles. The van der Waals surface area contributed by atoms with E-state index in [1.54, 1.807) is 44.1 Å². The van der Waals surface area contributed by atoms with E-state index in [0.29, 0.717) is 64.7 Å². The monoisotopic (exact) mass is 986 g/mol. The van der Waals surface area contributed by atoms with Gasteiger partial charge >= 0.3 is 6.21 Å². The number of aromatic amines is 1. The molecule has 15 nitrogen and oxygen atoms in total. The van der Waals surface area contributed by atoms with Gasteiger partial charge in [-0.15, -0.1) is 0 Å². The number of carbonyl (C=O) groups is 2. The van der Waals surface area contributed by atoms with Gasteiger partial charge in [0.2, 0.25) is 5.78 Å². The third-order valence-electron chi connectivity index (χ3n) is 20.7. The molecule has 10 unspecified atom stereocenters. The minimum Gasteiger partial charge on any atom is -0.507 e. The average Bonchev–Trinajstić information content (AvgIpc) is 4.26. The van der Waals surface area contributed by atoms with E-state index in [9.17, 15) is 30.6 Å². The molecule has 2 aromatic carbocycles. The number of benzene rings is 2. The molecular weight excluding hydrogens is 927 g/mol. The number of anilines is 1. The summed E-state index contributed by atoms with van der Waals surface area (Å²) >= 11 is 0. The third-order valence-corrected chi connectivity index (χ3v) is 20.7. The van der Waals surface area contributed by atoms with Crippen molar-refractivity contribution in [3.05, 3.63) is 117 Å². The van der Waals surface area contributed by atoms with Crippen LogP contribution in [0.5, 0.6) is 11.5 Å². The largest absolute Gasteiger partial charge is 0.507 e. The molecule has 5 fully saturated rings. The van der Waals surface area contributed by atoms with Gasteiger partial charge in [0.25, 0.3) is 5.79 Å². The van der Waals surface area contributed by atoms with Crippen molar-refractivity contribution < 1.29 is 49.7 Å². The Kier molecular flexibility index (Phi) is 9.15. The fourth-order valence-electron chi connectivity index (χ4n) is 17.6. The van der Waals surface area contributed by atoms with Crippen molar-refractivity contribution in [2.24, 2.45) is 21.2 Å². The summed E-state index contributed by atoms with van der Waals surface area (Å²) in [6.07, 6.45) is 10.1. The zero-order valence-electron chi connectivity index (χ0n) is 40.8. The summed E-state index contributed by atoms with van der Waals surface area (Å²) in [5, 5.41) is 86.9. The molecule has 0 amide bonds. The molecule has 12 aliphatic rings. The van der Waals surface area contributed by atoms with Gasteiger partial charge in [-0.2, -0.15) is 0 Å². The number of hydrogen-bond acceptors (Lipinski definition) is 13. The van der Waals surface area contributed by atoms with Gasteiger partial charge in [0.15, 0.2) is 28.9 Å². The van der Waals surface area contributed by atoms with Gasteiger partial charge in [-0.3, -0.25) is 14.9 Å². The van der Waals surface area contributed by atoms with Crippen LogP contribution in [0, 0.1) is 35.9 Å². The third kappa shape index (κ3) is 5.49. The van der Waals surface area contributed by atoms with Crippen LogP contribution in [-0.2, 0) is 10.2 Å². The van der Waals surface area contributed by atoms with Crippen molar-refractivity contribution in [3.63, 3.8) is 0 Å². The first-order valence-corrected chi connectivity index (χ1v) is 26.8. The molecule has 7 heterocycles. The van der Waals surface area contributed by atoms with Crippen LogP contribution in [-0.4, -0.2) is 107 Å². The lowest BCUT2D eigenvalue weighted by molar-refractivity contribution is -0.366. The van der Waals surface area contributed by atoms with Gasteiger partial charge in [0.05, 0.1) is 35.7 Å². The number of H-pyrrole nitrogens is 1. The second-order valence-electron chi connectivity index (χ2n) is 24.0. The first kappa shape index (κ1) is 44.9. The Morgan fingerprint density at radius 2 is 1.67 bits per heavy atom. The van der Waals surface area contributed by atoms with Crippen LogP contribution in [0.25, 0.3) is 21.7 Å². The Morgan fingerprint density at radius 3 is 2.47 bits per heavy atom. The molecule has 7 aliphatic carbocycles. The normalized spacial score (nSPS) is 37.0. The molecular formula is C58H60N5O10+. The molecule has 73 heavy (non-hydrogen) atoms. The Hall–Kier alpha value is -5.52. The number of aliphatic hydroxyl groups is 5. The van der Waals surface area contributed by atoms with Crippen molar-refractivity contribution in [2.75, 3.05) is 11.9 Å². The Bertz CT molecular complexity index is 3240. The number of phenolic OH excluding ortho intramolecular Hbond substituents is 1. The summed E-state index contributed by atoms with van der Waals surface area (Å²) in [7, 11) is 0. The quantitative estimate of drug-likeness (QED) is 0.0801. The molecule has 8 N–H and O–H groups in total. The summed E-state index contributed by atoms with van der Waals surface area (Å²) in [6, 6.07) is 9.33. The Balaban J connectivity index is 1.06. The molecule has 1 saturated heterocycles. The lowest BCUT2D eigenvalue weighted by atomic mass is 9.51. The number of carbonyl (C=O) groups excluding carboxylic acids is 2. The molecule has 5 spiro atoms. The maximum absolute atomic E-state index is 15.2. The van der Waals surface area contributed by atoms with Gasteiger partial charge in [-0.25, -0.2) is 4.98 Å². The lowest BCUT2D eigenvalue weighted by Crippen LogP contribution is -2.78. The highest BCUT2D eigenvalue weighted by Crippen LogP contribution is 2.74. The van der Waals surface area contributed by atoms with Gasteiger partial charge in [0.1, 0.15) is 29.5 Å². The maximum atomic E-state index is 15.2. The van der Waals surface area contributed by atoms with Gasteiger partial charge in [0, 0.05) is 64.2 Å². The molecule has 10 atom stereocenters. The summed E-state index contributed by atoms with van der Waals surface area (Å²) in [5.74, 6) is -4.25. The summed E-state index contributed by atoms with van der Waals surface area (Å²) < 4.78 is 14.7. The standard InChI is InChI=1S/C58H59N5O10/c1-28-18-32-41(36(64)19-28)47(67)43-37-20-30-29(42(43)46(32)66)9-17-60-51(30)61-25-40(65)56-14-7-8-34(56)31-21-38(55(12-3-2-4-13-55)39-24-59-27-62-39)63-45(31)33-22-57(72-37)49(69)48(68)50(70)58(73-57)44(33)35(56)23-54(52(58)71)16-15-53(26-54)10-5-6-11-53/h9,17-22,24,27,34,40,48-50,52,63,65,68-71H,2-8,10-16,23,25-26H2,1H3,(H-,60,61,64,66,67)/p+1. The van der Waals surface area contributed by atoms with E-state index in [1.165, 1.54) is 6.07 Å². The smallest absolute Gasteiger partial charge is 0.302 e. The van der Waals surface area contributed by atoms with Crippen LogP contribution in [0.1, 0.15) is 163 Å². The van der Waals surface area contributed by atoms with Crippen LogP contribution in [0.15, 0.2) is 58.7 Å². The van der Waals surface area contributed by atoms with Gasteiger partial charge < -0.3 is 50.4 Å². The summed E-state index contributed by atoms with van der Waals surface area (Å²) in [6.45, 7) is 3.33. The van der Waals surface area contributed by atoms with Crippen molar-refractivity contribution in [1.29, 1.82) is 0 Å². The van der Waals surface area contributed by atoms with Gasteiger partial charge in [-0.1, -0.05) is 36.2 Å². The zero-order valence-corrected chi connectivity index (χ0v) is 40.8. The number of nitrogens with zero attached hydrogens (tertiary/aromatic N) is 3.